The Morgan fingerprint density at radius 1 is 1.40 bits per heavy atom. The summed E-state index contributed by atoms with van der Waals surface area (Å²) in [5.41, 5.74) is 4.69. The molecule has 0 radical (unpaired) electrons. The van der Waals surface area contributed by atoms with Gasteiger partial charge in [-0.25, -0.2) is 0 Å². The van der Waals surface area contributed by atoms with Crippen molar-refractivity contribution in [1.82, 2.24) is 5.32 Å². The standard InChI is InChI=1S/C11H24N2O2/c1-8(14)6-10(2,3)7-13-9(15)11(4,5)12/h8,14H,6-7,12H2,1-5H3,(H,13,15). The number of aliphatic hydroxyl groups is 1. The fourth-order valence-corrected chi connectivity index (χ4v) is 1.42. The molecule has 0 aromatic heterocycles. The van der Waals surface area contributed by atoms with Crippen LogP contribution in [0.4, 0.5) is 0 Å². The molecule has 4 N–H and O–H groups in total. The zero-order chi connectivity index (χ0) is 12.3. The van der Waals surface area contributed by atoms with E-state index in [4.69, 9.17) is 5.73 Å². The topological polar surface area (TPSA) is 75.3 Å². The Morgan fingerprint density at radius 3 is 2.20 bits per heavy atom. The van der Waals surface area contributed by atoms with E-state index in [0.29, 0.717) is 13.0 Å². The highest BCUT2D eigenvalue weighted by Gasteiger charge is 2.25. The summed E-state index contributed by atoms with van der Waals surface area (Å²) in [4.78, 5) is 11.5. The average Bonchev–Trinajstić information content (AvgIpc) is 1.95. The molecule has 1 atom stereocenters. The van der Waals surface area contributed by atoms with E-state index in [1.54, 1.807) is 20.8 Å². The molecule has 0 aliphatic heterocycles. The maximum Gasteiger partial charge on any atom is 0.239 e. The van der Waals surface area contributed by atoms with Crippen LogP contribution in [0.2, 0.25) is 0 Å². The zero-order valence-corrected chi connectivity index (χ0v) is 10.4. The third-order valence-corrected chi connectivity index (χ3v) is 2.16. The Hall–Kier alpha value is -0.610. The largest absolute Gasteiger partial charge is 0.393 e. The summed E-state index contributed by atoms with van der Waals surface area (Å²) in [5, 5.41) is 12.1. The molecule has 0 saturated heterocycles. The fourth-order valence-electron chi connectivity index (χ4n) is 1.42. The molecular weight excluding hydrogens is 192 g/mol. The van der Waals surface area contributed by atoms with Crippen molar-refractivity contribution in [3.63, 3.8) is 0 Å². The highest BCUT2D eigenvalue weighted by molar-refractivity contribution is 5.85. The van der Waals surface area contributed by atoms with Crippen LogP contribution in [-0.4, -0.2) is 29.2 Å². The van der Waals surface area contributed by atoms with E-state index in [0.717, 1.165) is 0 Å². The fraction of sp³-hybridized carbons (Fsp3) is 0.909. The Bertz CT molecular complexity index is 217. The third kappa shape index (κ3) is 6.47. The number of amides is 1. The SMILES string of the molecule is CC(O)CC(C)(C)CNC(=O)C(C)(C)N. The lowest BCUT2D eigenvalue weighted by molar-refractivity contribution is -0.125. The second-order valence-corrected chi connectivity index (χ2v) is 5.62. The number of nitrogens with two attached hydrogens (primary N) is 1. The Labute approximate surface area is 92.2 Å². The van der Waals surface area contributed by atoms with Gasteiger partial charge in [0, 0.05) is 6.54 Å². The molecule has 0 fully saturated rings. The first kappa shape index (κ1) is 14.4. The van der Waals surface area contributed by atoms with Crippen molar-refractivity contribution in [2.45, 2.75) is 52.7 Å². The molecule has 0 aliphatic carbocycles. The smallest absolute Gasteiger partial charge is 0.239 e. The van der Waals surface area contributed by atoms with E-state index >= 15 is 0 Å². The highest BCUT2D eigenvalue weighted by atomic mass is 16.3. The molecule has 0 saturated carbocycles. The van der Waals surface area contributed by atoms with Gasteiger partial charge in [0.2, 0.25) is 5.91 Å². The van der Waals surface area contributed by atoms with Crippen LogP contribution in [0.1, 0.15) is 41.0 Å². The first-order valence-electron chi connectivity index (χ1n) is 5.30. The highest BCUT2D eigenvalue weighted by Crippen LogP contribution is 2.21. The first-order chi connectivity index (χ1) is 6.54. The van der Waals surface area contributed by atoms with Crippen molar-refractivity contribution in [3.8, 4) is 0 Å². The lowest BCUT2D eigenvalue weighted by Crippen LogP contribution is -2.51. The molecule has 15 heavy (non-hydrogen) atoms. The number of hydrogen-bond acceptors (Lipinski definition) is 3. The molecule has 0 rings (SSSR count). The van der Waals surface area contributed by atoms with E-state index in [1.165, 1.54) is 0 Å². The molecule has 0 aromatic carbocycles. The van der Waals surface area contributed by atoms with Crippen LogP contribution in [0, 0.1) is 5.41 Å². The van der Waals surface area contributed by atoms with Gasteiger partial charge in [-0.1, -0.05) is 13.8 Å². The van der Waals surface area contributed by atoms with Gasteiger partial charge in [0.1, 0.15) is 0 Å². The van der Waals surface area contributed by atoms with Crippen LogP contribution >= 0.6 is 0 Å². The minimum absolute atomic E-state index is 0.116. The maximum absolute atomic E-state index is 11.5. The molecule has 4 heteroatoms. The molecular formula is C11H24N2O2. The number of aliphatic hydroxyl groups excluding tert-OH is 1. The first-order valence-corrected chi connectivity index (χ1v) is 5.30. The lowest BCUT2D eigenvalue weighted by atomic mass is 9.86. The van der Waals surface area contributed by atoms with Gasteiger partial charge in [-0.15, -0.1) is 0 Å². The van der Waals surface area contributed by atoms with Gasteiger partial charge in [-0.2, -0.15) is 0 Å². The molecule has 90 valence electrons. The van der Waals surface area contributed by atoms with E-state index in [-0.39, 0.29) is 17.4 Å². The Balaban J connectivity index is 4.10. The Morgan fingerprint density at radius 2 is 1.87 bits per heavy atom. The maximum atomic E-state index is 11.5. The summed E-state index contributed by atoms with van der Waals surface area (Å²) in [6.45, 7) is 9.62. The number of carbonyl (C=O) groups excluding carboxylic acids is 1. The summed E-state index contributed by atoms with van der Waals surface area (Å²) in [6, 6.07) is 0. The molecule has 1 unspecified atom stereocenters. The van der Waals surface area contributed by atoms with Crippen molar-refractivity contribution >= 4 is 5.91 Å². The predicted molar refractivity (Wildman–Crippen MR) is 61.4 cm³/mol. The zero-order valence-electron chi connectivity index (χ0n) is 10.4. The second-order valence-electron chi connectivity index (χ2n) is 5.62. The minimum Gasteiger partial charge on any atom is -0.393 e. The van der Waals surface area contributed by atoms with Gasteiger partial charge in [0.25, 0.3) is 0 Å². The molecule has 0 aliphatic rings. The summed E-state index contributed by atoms with van der Waals surface area (Å²) in [6.07, 6.45) is 0.293. The summed E-state index contributed by atoms with van der Waals surface area (Å²) in [5.74, 6) is -0.166. The van der Waals surface area contributed by atoms with E-state index in [1.807, 2.05) is 13.8 Å². The molecule has 1 amide bonds. The van der Waals surface area contributed by atoms with Crippen LogP contribution in [0.5, 0.6) is 0 Å². The van der Waals surface area contributed by atoms with Crippen molar-refractivity contribution in [2.24, 2.45) is 11.1 Å². The van der Waals surface area contributed by atoms with Crippen molar-refractivity contribution in [3.05, 3.63) is 0 Å². The minimum atomic E-state index is -0.846. The van der Waals surface area contributed by atoms with Gasteiger partial charge >= 0.3 is 0 Å². The van der Waals surface area contributed by atoms with Crippen LogP contribution in [-0.2, 0) is 4.79 Å². The number of rotatable bonds is 5. The van der Waals surface area contributed by atoms with Gasteiger partial charge < -0.3 is 16.2 Å². The van der Waals surface area contributed by atoms with Gasteiger partial charge in [-0.3, -0.25) is 4.79 Å². The van der Waals surface area contributed by atoms with Gasteiger partial charge in [0.15, 0.2) is 0 Å². The monoisotopic (exact) mass is 216 g/mol. The van der Waals surface area contributed by atoms with E-state index in [9.17, 15) is 9.90 Å². The number of nitrogens with one attached hydrogen (secondary N) is 1. The quantitative estimate of drug-likeness (QED) is 0.631. The molecule has 0 bridgehead atoms. The van der Waals surface area contributed by atoms with Crippen LogP contribution in [0.25, 0.3) is 0 Å². The van der Waals surface area contributed by atoms with Crippen LogP contribution < -0.4 is 11.1 Å². The van der Waals surface area contributed by atoms with Crippen LogP contribution in [0.3, 0.4) is 0 Å². The van der Waals surface area contributed by atoms with Crippen molar-refractivity contribution in [1.29, 1.82) is 0 Å². The van der Waals surface area contributed by atoms with Gasteiger partial charge in [0.05, 0.1) is 11.6 Å². The average molecular weight is 216 g/mol. The summed E-state index contributed by atoms with van der Waals surface area (Å²) in [7, 11) is 0. The lowest BCUT2D eigenvalue weighted by Gasteiger charge is -2.28. The third-order valence-electron chi connectivity index (χ3n) is 2.16. The molecule has 0 spiro atoms. The van der Waals surface area contributed by atoms with E-state index in [2.05, 4.69) is 5.32 Å². The van der Waals surface area contributed by atoms with Crippen molar-refractivity contribution < 1.29 is 9.90 Å². The van der Waals surface area contributed by atoms with Crippen molar-refractivity contribution in [2.75, 3.05) is 6.54 Å². The van der Waals surface area contributed by atoms with Gasteiger partial charge in [-0.05, 0) is 32.6 Å². The predicted octanol–water partition coefficient (Wildman–Crippen LogP) is 0.637. The molecule has 0 heterocycles. The van der Waals surface area contributed by atoms with Crippen LogP contribution in [0.15, 0.2) is 0 Å². The normalized spacial score (nSPS) is 14.9. The number of carbonyl (C=O) groups is 1. The molecule has 0 aromatic rings. The summed E-state index contributed by atoms with van der Waals surface area (Å²) >= 11 is 0. The second kappa shape index (κ2) is 4.94. The Kier molecular flexibility index (Phi) is 4.74. The molecule has 4 nitrogen and oxygen atoms in total. The van der Waals surface area contributed by atoms with E-state index < -0.39 is 5.54 Å². The number of hydrogen-bond donors (Lipinski definition) is 3. The summed E-state index contributed by atoms with van der Waals surface area (Å²) < 4.78 is 0.